The summed E-state index contributed by atoms with van der Waals surface area (Å²) in [6.45, 7) is 5.55. The first-order chi connectivity index (χ1) is 12.5. The Morgan fingerprint density at radius 2 is 1.62 bits per heavy atom. The van der Waals surface area contributed by atoms with Gasteiger partial charge in [0.05, 0.1) is 20.3 Å². The number of phenols is 1. The standard InChI is InChI=1S/C8H8O3.C8H18O.C3H8O3/c1-11-8-4-6(5-9)2-3-7(8)10;1-3-5-7-9-8-6-4-2;4-1-3(6)2-5/h2-5,10H,1H3;3-8H2,1-2H3;3-6H,1-2H2. The summed E-state index contributed by atoms with van der Waals surface area (Å²) in [5.41, 5.74) is 0.486. The number of aromatic hydroxyl groups is 1. The third-order valence-electron chi connectivity index (χ3n) is 3.05. The van der Waals surface area contributed by atoms with Crippen molar-refractivity contribution in [3.8, 4) is 11.5 Å². The maximum absolute atomic E-state index is 10.2. The molecule has 1 aromatic carbocycles. The minimum absolute atomic E-state index is 0.0399. The first kappa shape index (κ1) is 26.6. The van der Waals surface area contributed by atoms with Crippen molar-refractivity contribution in [3.05, 3.63) is 23.8 Å². The first-order valence-electron chi connectivity index (χ1n) is 8.80. The van der Waals surface area contributed by atoms with Crippen LogP contribution in [0.15, 0.2) is 18.2 Å². The number of benzene rings is 1. The van der Waals surface area contributed by atoms with E-state index in [0.717, 1.165) is 13.2 Å². The van der Waals surface area contributed by atoms with Gasteiger partial charge in [0.2, 0.25) is 0 Å². The van der Waals surface area contributed by atoms with Crippen molar-refractivity contribution in [2.75, 3.05) is 33.5 Å². The van der Waals surface area contributed by atoms with E-state index in [9.17, 15) is 4.79 Å². The number of carbonyl (C=O) groups is 1. The van der Waals surface area contributed by atoms with Gasteiger partial charge in [0, 0.05) is 18.8 Å². The Kier molecular flexibility index (Phi) is 20.1. The molecule has 152 valence electrons. The number of aliphatic hydroxyl groups is 3. The van der Waals surface area contributed by atoms with Crippen LogP contribution in [-0.2, 0) is 4.74 Å². The Hall–Kier alpha value is -1.67. The number of unbranched alkanes of at least 4 members (excludes halogenated alkanes) is 2. The number of phenolic OH excluding ortho intramolecular Hbond substituents is 1. The van der Waals surface area contributed by atoms with E-state index in [1.165, 1.54) is 51.0 Å². The third-order valence-corrected chi connectivity index (χ3v) is 3.05. The summed E-state index contributed by atoms with van der Waals surface area (Å²) in [4.78, 5) is 10.2. The van der Waals surface area contributed by atoms with Gasteiger partial charge >= 0.3 is 0 Å². The van der Waals surface area contributed by atoms with Gasteiger partial charge in [-0.25, -0.2) is 0 Å². The van der Waals surface area contributed by atoms with Gasteiger partial charge in [-0.15, -0.1) is 0 Å². The summed E-state index contributed by atoms with van der Waals surface area (Å²) in [6.07, 6.45) is 4.65. The smallest absolute Gasteiger partial charge is 0.161 e. The average molecular weight is 374 g/mol. The van der Waals surface area contributed by atoms with Crippen LogP contribution in [0, 0.1) is 0 Å². The predicted molar refractivity (Wildman–Crippen MR) is 101 cm³/mol. The molecule has 0 atom stereocenters. The SMILES string of the molecule is CCCCOCCCC.COc1cc(C=O)ccc1O.OCC(O)CO. The highest BCUT2D eigenvalue weighted by molar-refractivity contribution is 5.76. The van der Waals surface area contributed by atoms with Crippen LogP contribution in [0.25, 0.3) is 0 Å². The zero-order chi connectivity index (χ0) is 20.2. The molecule has 0 saturated heterocycles. The van der Waals surface area contributed by atoms with Gasteiger partial charge in [0.15, 0.2) is 11.5 Å². The second kappa shape index (κ2) is 19.7. The summed E-state index contributed by atoms with van der Waals surface area (Å²) in [5.74, 6) is 0.354. The Labute approximate surface area is 156 Å². The van der Waals surface area contributed by atoms with E-state index < -0.39 is 6.10 Å². The van der Waals surface area contributed by atoms with Crippen LogP contribution >= 0.6 is 0 Å². The summed E-state index contributed by atoms with van der Waals surface area (Å²) < 4.78 is 10.1. The lowest BCUT2D eigenvalue weighted by atomic mass is 10.2. The van der Waals surface area contributed by atoms with E-state index in [2.05, 4.69) is 13.8 Å². The Morgan fingerprint density at radius 3 is 1.96 bits per heavy atom. The fourth-order valence-corrected chi connectivity index (χ4v) is 1.42. The molecule has 7 heteroatoms. The highest BCUT2D eigenvalue weighted by atomic mass is 16.5. The van der Waals surface area contributed by atoms with Crippen molar-refractivity contribution in [2.24, 2.45) is 0 Å². The van der Waals surface area contributed by atoms with Gasteiger partial charge in [-0.2, -0.15) is 0 Å². The summed E-state index contributed by atoms with van der Waals surface area (Å²) in [7, 11) is 1.43. The summed E-state index contributed by atoms with van der Waals surface area (Å²) in [6, 6.07) is 4.41. The van der Waals surface area contributed by atoms with Crippen LogP contribution < -0.4 is 4.74 Å². The van der Waals surface area contributed by atoms with E-state index in [4.69, 9.17) is 29.9 Å². The summed E-state index contributed by atoms with van der Waals surface area (Å²) >= 11 is 0. The second-order valence-electron chi connectivity index (χ2n) is 5.39. The van der Waals surface area contributed by atoms with Crippen molar-refractivity contribution < 1.29 is 34.7 Å². The topological polar surface area (TPSA) is 116 Å². The molecule has 0 saturated carbocycles. The fraction of sp³-hybridized carbons (Fsp3) is 0.632. The number of methoxy groups -OCH3 is 1. The third kappa shape index (κ3) is 15.8. The lowest BCUT2D eigenvalue weighted by molar-refractivity contribution is 0.0450. The van der Waals surface area contributed by atoms with E-state index >= 15 is 0 Å². The van der Waals surface area contributed by atoms with Crippen LogP contribution in [0.3, 0.4) is 0 Å². The number of ether oxygens (including phenoxy) is 2. The van der Waals surface area contributed by atoms with Crippen molar-refractivity contribution >= 4 is 6.29 Å². The molecule has 0 heterocycles. The quantitative estimate of drug-likeness (QED) is 0.366. The average Bonchev–Trinajstić information content (AvgIpc) is 2.68. The van der Waals surface area contributed by atoms with Crippen LogP contribution in [0.1, 0.15) is 49.9 Å². The Morgan fingerprint density at radius 1 is 1.08 bits per heavy atom. The monoisotopic (exact) mass is 374 g/mol. The minimum Gasteiger partial charge on any atom is -0.504 e. The number of carbonyl (C=O) groups excluding carboxylic acids is 1. The number of aliphatic hydroxyl groups excluding tert-OH is 3. The fourth-order valence-electron chi connectivity index (χ4n) is 1.42. The molecule has 0 radical (unpaired) electrons. The molecule has 1 aromatic rings. The lowest BCUT2D eigenvalue weighted by Crippen LogP contribution is -2.15. The summed E-state index contributed by atoms with van der Waals surface area (Å²) in [5, 5.41) is 33.1. The van der Waals surface area contributed by atoms with Crippen molar-refractivity contribution in [3.63, 3.8) is 0 Å². The van der Waals surface area contributed by atoms with Gasteiger partial charge in [0.25, 0.3) is 0 Å². The predicted octanol–water partition coefficient (Wildman–Crippen LogP) is 2.15. The molecular weight excluding hydrogens is 340 g/mol. The minimum atomic E-state index is -0.954. The Balaban J connectivity index is 0. The van der Waals surface area contributed by atoms with E-state index in [-0.39, 0.29) is 19.0 Å². The number of hydrogen-bond donors (Lipinski definition) is 4. The molecule has 0 aliphatic heterocycles. The van der Waals surface area contributed by atoms with Gasteiger partial charge in [-0.1, -0.05) is 26.7 Å². The van der Waals surface area contributed by atoms with Crippen LogP contribution in [0.4, 0.5) is 0 Å². The maximum atomic E-state index is 10.2. The molecule has 0 aliphatic rings. The molecule has 0 amide bonds. The van der Waals surface area contributed by atoms with Crippen molar-refractivity contribution in [1.29, 1.82) is 0 Å². The van der Waals surface area contributed by atoms with Crippen LogP contribution in [0.2, 0.25) is 0 Å². The van der Waals surface area contributed by atoms with E-state index in [0.29, 0.717) is 17.6 Å². The normalized spacial score (nSPS) is 9.65. The largest absolute Gasteiger partial charge is 0.504 e. The molecular formula is C19H34O7. The van der Waals surface area contributed by atoms with Gasteiger partial charge in [0.1, 0.15) is 12.4 Å². The molecule has 0 unspecified atom stereocenters. The highest BCUT2D eigenvalue weighted by Gasteiger charge is 2.00. The molecule has 26 heavy (non-hydrogen) atoms. The molecule has 4 N–H and O–H groups in total. The zero-order valence-electron chi connectivity index (χ0n) is 16.1. The number of aldehydes is 1. The van der Waals surface area contributed by atoms with Gasteiger partial charge < -0.3 is 29.9 Å². The second-order valence-corrected chi connectivity index (χ2v) is 5.39. The highest BCUT2D eigenvalue weighted by Crippen LogP contribution is 2.25. The van der Waals surface area contributed by atoms with Gasteiger partial charge in [-0.05, 0) is 31.0 Å². The van der Waals surface area contributed by atoms with Crippen molar-refractivity contribution in [1.82, 2.24) is 0 Å². The molecule has 0 aliphatic carbocycles. The van der Waals surface area contributed by atoms with E-state index in [1.807, 2.05) is 0 Å². The molecule has 0 bridgehead atoms. The Bertz CT molecular complexity index is 428. The lowest BCUT2D eigenvalue weighted by Gasteiger charge is -2.01. The number of hydrogen-bond acceptors (Lipinski definition) is 7. The zero-order valence-corrected chi connectivity index (χ0v) is 16.1. The van der Waals surface area contributed by atoms with Crippen LogP contribution in [0.5, 0.6) is 11.5 Å². The first-order valence-corrected chi connectivity index (χ1v) is 8.80. The molecule has 0 fully saturated rings. The van der Waals surface area contributed by atoms with Gasteiger partial charge in [-0.3, -0.25) is 4.79 Å². The van der Waals surface area contributed by atoms with Crippen molar-refractivity contribution in [2.45, 2.75) is 45.6 Å². The number of rotatable bonds is 10. The maximum Gasteiger partial charge on any atom is 0.161 e. The molecule has 0 spiro atoms. The molecule has 0 aromatic heterocycles. The van der Waals surface area contributed by atoms with Crippen LogP contribution in [-0.4, -0.2) is 66.4 Å². The van der Waals surface area contributed by atoms with E-state index in [1.54, 1.807) is 0 Å². The molecule has 1 rings (SSSR count). The molecule has 7 nitrogen and oxygen atoms in total.